The molecule has 19 heavy (non-hydrogen) atoms. The van der Waals surface area contributed by atoms with E-state index in [-0.39, 0.29) is 5.41 Å². The van der Waals surface area contributed by atoms with Crippen molar-refractivity contribution in [3.05, 3.63) is 70.8 Å². The largest absolute Gasteiger partial charge is 0.0646 e. The fourth-order valence-corrected chi connectivity index (χ4v) is 2.34. The van der Waals surface area contributed by atoms with Crippen molar-refractivity contribution < 1.29 is 0 Å². The molecule has 0 atom stereocenters. The smallest absolute Gasteiger partial charge is 0.00231 e. The second kappa shape index (κ2) is 5.61. The van der Waals surface area contributed by atoms with Crippen molar-refractivity contribution in [2.24, 2.45) is 0 Å². The summed E-state index contributed by atoms with van der Waals surface area (Å²) >= 11 is 0. The van der Waals surface area contributed by atoms with E-state index in [0.29, 0.717) is 0 Å². The zero-order valence-electron chi connectivity index (χ0n) is 12.5. The maximum atomic E-state index is 2.36. The van der Waals surface area contributed by atoms with Gasteiger partial charge in [-0.15, -0.1) is 0 Å². The lowest BCUT2D eigenvalue weighted by molar-refractivity contribution is 0.506. The van der Waals surface area contributed by atoms with Crippen LogP contribution in [0.3, 0.4) is 0 Å². The molecule has 0 bridgehead atoms. The highest BCUT2D eigenvalue weighted by molar-refractivity contribution is 5.37. The maximum absolute atomic E-state index is 2.36. The molecule has 100 valence electrons. The lowest BCUT2D eigenvalue weighted by atomic mass is 9.81. The predicted molar refractivity (Wildman–Crippen MR) is 83.7 cm³/mol. The van der Waals surface area contributed by atoms with Gasteiger partial charge in [-0.25, -0.2) is 0 Å². The highest BCUT2D eigenvalue weighted by Crippen LogP contribution is 2.28. The van der Waals surface area contributed by atoms with Gasteiger partial charge in [-0.2, -0.15) is 0 Å². The third kappa shape index (κ3) is 3.26. The van der Waals surface area contributed by atoms with Crippen molar-refractivity contribution in [3.63, 3.8) is 0 Å². The highest BCUT2D eigenvalue weighted by Gasteiger charge is 2.18. The molecule has 0 unspecified atom stereocenters. The molecule has 0 amide bonds. The fraction of sp³-hybridized carbons (Fsp3) is 0.368. The Morgan fingerprint density at radius 1 is 0.947 bits per heavy atom. The Morgan fingerprint density at radius 2 is 1.63 bits per heavy atom. The van der Waals surface area contributed by atoms with Crippen LogP contribution in [-0.2, 0) is 11.8 Å². The molecule has 0 aliphatic heterocycles. The summed E-state index contributed by atoms with van der Waals surface area (Å²) in [5, 5.41) is 0. The summed E-state index contributed by atoms with van der Waals surface area (Å²) in [6.45, 7) is 9.12. The summed E-state index contributed by atoms with van der Waals surface area (Å²) in [5.41, 5.74) is 5.94. The Balaban J connectivity index is 2.25. The predicted octanol–water partition coefficient (Wildman–Crippen LogP) is 5.27. The summed E-state index contributed by atoms with van der Waals surface area (Å²) in [6, 6.07) is 17.7. The van der Waals surface area contributed by atoms with E-state index < -0.39 is 0 Å². The molecule has 0 fully saturated rings. The average Bonchev–Trinajstić information content (AvgIpc) is 2.42. The quantitative estimate of drug-likeness (QED) is 0.695. The van der Waals surface area contributed by atoms with Crippen LogP contribution in [0.1, 0.15) is 49.4 Å². The summed E-state index contributed by atoms with van der Waals surface area (Å²) in [5.74, 6) is 0. The molecule has 2 rings (SSSR count). The van der Waals surface area contributed by atoms with Crippen molar-refractivity contribution in [1.82, 2.24) is 0 Å². The van der Waals surface area contributed by atoms with Crippen LogP contribution in [0.15, 0.2) is 48.5 Å². The van der Waals surface area contributed by atoms with Gasteiger partial charge in [0.2, 0.25) is 0 Å². The van der Waals surface area contributed by atoms with Crippen LogP contribution >= 0.6 is 0 Å². The maximum Gasteiger partial charge on any atom is -0.00231 e. The van der Waals surface area contributed by atoms with E-state index in [0.717, 1.165) is 6.42 Å². The van der Waals surface area contributed by atoms with Gasteiger partial charge < -0.3 is 0 Å². The molecule has 0 heteroatoms. The summed E-state index contributed by atoms with van der Waals surface area (Å²) in [7, 11) is 0. The van der Waals surface area contributed by atoms with Gasteiger partial charge in [0, 0.05) is 0 Å². The Bertz CT molecular complexity index is 535. The lowest BCUT2D eigenvalue weighted by Gasteiger charge is -2.24. The second-order valence-electron chi connectivity index (χ2n) is 6.04. The highest BCUT2D eigenvalue weighted by atomic mass is 14.2. The second-order valence-corrected chi connectivity index (χ2v) is 6.04. The molecule has 0 nitrogen and oxygen atoms in total. The van der Waals surface area contributed by atoms with E-state index in [1.165, 1.54) is 28.7 Å². The van der Waals surface area contributed by atoms with Crippen LogP contribution in [0, 0.1) is 6.92 Å². The topological polar surface area (TPSA) is 0 Å². The van der Waals surface area contributed by atoms with E-state index >= 15 is 0 Å². The minimum absolute atomic E-state index is 0.274. The van der Waals surface area contributed by atoms with E-state index in [1.807, 2.05) is 0 Å². The van der Waals surface area contributed by atoms with Gasteiger partial charge in [0.25, 0.3) is 0 Å². The molecular weight excluding hydrogens is 228 g/mol. The number of hydrogen-bond donors (Lipinski definition) is 0. The molecule has 0 aromatic heterocycles. The number of aryl methyl sites for hydroxylation is 1. The van der Waals surface area contributed by atoms with E-state index in [1.54, 1.807) is 0 Å². The summed E-state index contributed by atoms with van der Waals surface area (Å²) in [6.07, 6.45) is 2.20. The fourth-order valence-electron chi connectivity index (χ4n) is 2.34. The monoisotopic (exact) mass is 252 g/mol. The van der Waals surface area contributed by atoms with Gasteiger partial charge >= 0.3 is 0 Å². The third-order valence-corrected chi connectivity index (χ3v) is 4.25. The van der Waals surface area contributed by atoms with E-state index in [4.69, 9.17) is 0 Å². The number of benzene rings is 2. The van der Waals surface area contributed by atoms with E-state index in [2.05, 4.69) is 76.2 Å². The number of hydrogen-bond acceptors (Lipinski definition) is 0. The zero-order valence-corrected chi connectivity index (χ0v) is 12.5. The molecule has 2 aromatic rings. The van der Waals surface area contributed by atoms with Crippen molar-refractivity contribution in [2.75, 3.05) is 0 Å². The van der Waals surface area contributed by atoms with Gasteiger partial charge in [0.15, 0.2) is 0 Å². The SMILES string of the molecule is CCC(C)(C)c1ccc(Cc2ccccc2)c(C)c1. The minimum Gasteiger partial charge on any atom is -0.0646 e. The van der Waals surface area contributed by atoms with Crippen LogP contribution in [0.25, 0.3) is 0 Å². The standard InChI is InChI=1S/C19H24/c1-5-19(3,4)18-12-11-17(15(2)13-18)14-16-9-7-6-8-10-16/h6-13H,5,14H2,1-4H3. The molecule has 0 radical (unpaired) electrons. The molecule has 0 N–H and O–H groups in total. The average molecular weight is 252 g/mol. The Kier molecular flexibility index (Phi) is 4.09. The van der Waals surface area contributed by atoms with Crippen LogP contribution in [-0.4, -0.2) is 0 Å². The molecule has 2 aromatic carbocycles. The van der Waals surface area contributed by atoms with Gasteiger partial charge in [0.1, 0.15) is 0 Å². The van der Waals surface area contributed by atoms with E-state index in [9.17, 15) is 0 Å². The summed E-state index contributed by atoms with van der Waals surface area (Å²) < 4.78 is 0. The molecule has 0 heterocycles. The van der Waals surface area contributed by atoms with Crippen molar-refractivity contribution in [3.8, 4) is 0 Å². The zero-order chi connectivity index (χ0) is 13.9. The molecule has 0 saturated carbocycles. The first-order chi connectivity index (χ1) is 9.03. The van der Waals surface area contributed by atoms with Crippen LogP contribution in [0.5, 0.6) is 0 Å². The van der Waals surface area contributed by atoms with Crippen LogP contribution < -0.4 is 0 Å². The van der Waals surface area contributed by atoms with Gasteiger partial charge in [0.05, 0.1) is 0 Å². The van der Waals surface area contributed by atoms with Crippen LogP contribution in [0.4, 0.5) is 0 Å². The Labute approximate surface area is 117 Å². The first-order valence-electron chi connectivity index (χ1n) is 7.17. The summed E-state index contributed by atoms with van der Waals surface area (Å²) in [4.78, 5) is 0. The normalized spacial score (nSPS) is 11.6. The minimum atomic E-state index is 0.274. The molecule has 0 spiro atoms. The molecular formula is C19H24. The first kappa shape index (κ1) is 13.9. The number of rotatable bonds is 4. The van der Waals surface area contributed by atoms with Crippen molar-refractivity contribution >= 4 is 0 Å². The van der Waals surface area contributed by atoms with Gasteiger partial charge in [-0.1, -0.05) is 69.3 Å². The van der Waals surface area contributed by atoms with Crippen molar-refractivity contribution in [1.29, 1.82) is 0 Å². The lowest BCUT2D eigenvalue weighted by Crippen LogP contribution is -2.15. The first-order valence-corrected chi connectivity index (χ1v) is 7.17. The van der Waals surface area contributed by atoms with Gasteiger partial charge in [-0.05, 0) is 47.4 Å². The molecule has 0 aliphatic carbocycles. The third-order valence-electron chi connectivity index (χ3n) is 4.25. The van der Waals surface area contributed by atoms with Gasteiger partial charge in [-0.3, -0.25) is 0 Å². The Morgan fingerprint density at radius 3 is 2.21 bits per heavy atom. The Hall–Kier alpha value is -1.56. The van der Waals surface area contributed by atoms with Crippen LogP contribution in [0.2, 0.25) is 0 Å². The molecule has 0 saturated heterocycles. The molecule has 0 aliphatic rings. The van der Waals surface area contributed by atoms with Crippen molar-refractivity contribution in [2.45, 2.75) is 46.0 Å².